The number of aromatic hydroxyl groups is 1. The van der Waals surface area contributed by atoms with Gasteiger partial charge in [0.05, 0.1) is 19.8 Å². The van der Waals surface area contributed by atoms with Crippen molar-refractivity contribution in [2.45, 2.75) is 44.3 Å². The number of benzene rings is 1. The fourth-order valence-corrected chi connectivity index (χ4v) is 3.72. The van der Waals surface area contributed by atoms with Crippen LogP contribution in [0.25, 0.3) is 0 Å². The molecule has 4 N–H and O–H groups in total. The van der Waals surface area contributed by atoms with Gasteiger partial charge in [-0.2, -0.15) is 0 Å². The number of carbonyl (C=O) groups is 2. The number of hydrogen-bond acceptors (Lipinski definition) is 6. The number of phenols is 1. The van der Waals surface area contributed by atoms with Gasteiger partial charge in [0, 0.05) is 31.2 Å². The highest BCUT2D eigenvalue weighted by Crippen LogP contribution is 2.19. The van der Waals surface area contributed by atoms with Gasteiger partial charge in [-0.1, -0.05) is 12.8 Å². The van der Waals surface area contributed by atoms with Gasteiger partial charge in [-0.25, -0.2) is 0 Å². The minimum absolute atomic E-state index is 0.00753. The molecule has 1 aliphatic carbocycles. The summed E-state index contributed by atoms with van der Waals surface area (Å²) in [6.07, 6.45) is 4.01. The van der Waals surface area contributed by atoms with Crippen LogP contribution < -0.4 is 10.6 Å². The number of aliphatic hydroxyl groups excluding tert-OH is 1. The van der Waals surface area contributed by atoms with Crippen LogP contribution >= 0.6 is 0 Å². The Kier molecular flexibility index (Phi) is 7.24. The van der Waals surface area contributed by atoms with E-state index in [1.807, 2.05) is 0 Å². The second-order valence-electron chi connectivity index (χ2n) is 7.48. The summed E-state index contributed by atoms with van der Waals surface area (Å²) < 4.78 is 5.33. The molecule has 2 fully saturated rings. The van der Waals surface area contributed by atoms with E-state index in [9.17, 15) is 19.8 Å². The molecule has 1 saturated heterocycles. The second kappa shape index (κ2) is 9.86. The van der Waals surface area contributed by atoms with E-state index in [2.05, 4.69) is 15.5 Å². The molecule has 154 valence electrons. The summed E-state index contributed by atoms with van der Waals surface area (Å²) in [5.74, 6) is -0.886. The standard InChI is InChI=1S/C20H29N3O5/c24-13-18(20(27)21-16-3-1-2-4-16)22-19(26)15-9-14(10-17(25)11-15)12-23-5-7-28-8-6-23/h9-11,16,18,24-25H,1-8,12-13H2,(H,21,27)(H,22,26). The molecule has 0 spiro atoms. The van der Waals surface area contributed by atoms with Crippen molar-refractivity contribution in [1.29, 1.82) is 0 Å². The average Bonchev–Trinajstić information content (AvgIpc) is 3.19. The number of carbonyl (C=O) groups excluding carboxylic acids is 2. The normalized spacial score (nSPS) is 19.3. The minimum atomic E-state index is -1.02. The predicted octanol–water partition coefficient (Wildman–Crippen LogP) is 0.374. The Balaban J connectivity index is 1.62. The van der Waals surface area contributed by atoms with Gasteiger partial charge in [0.2, 0.25) is 5.91 Å². The van der Waals surface area contributed by atoms with E-state index in [-0.39, 0.29) is 23.3 Å². The Hall–Kier alpha value is -2.16. The van der Waals surface area contributed by atoms with E-state index in [1.165, 1.54) is 6.07 Å². The number of nitrogens with zero attached hydrogens (tertiary/aromatic N) is 1. The van der Waals surface area contributed by atoms with E-state index >= 15 is 0 Å². The lowest BCUT2D eigenvalue weighted by atomic mass is 10.1. The number of nitrogens with one attached hydrogen (secondary N) is 2. The maximum absolute atomic E-state index is 12.6. The van der Waals surface area contributed by atoms with Gasteiger partial charge in [-0.3, -0.25) is 14.5 Å². The molecule has 2 aliphatic rings. The summed E-state index contributed by atoms with van der Waals surface area (Å²) in [5, 5.41) is 25.0. The molecule has 1 unspecified atom stereocenters. The van der Waals surface area contributed by atoms with Crippen molar-refractivity contribution < 1.29 is 24.5 Å². The molecule has 0 radical (unpaired) electrons. The Morgan fingerprint density at radius 1 is 1.18 bits per heavy atom. The molecule has 0 aromatic heterocycles. The Morgan fingerprint density at radius 3 is 2.57 bits per heavy atom. The largest absolute Gasteiger partial charge is 0.508 e. The molecule has 2 amide bonds. The lowest BCUT2D eigenvalue weighted by Gasteiger charge is -2.26. The monoisotopic (exact) mass is 391 g/mol. The number of phenolic OH excluding ortho intramolecular Hbond substituents is 1. The third kappa shape index (κ3) is 5.67. The SMILES string of the molecule is O=C(NC(CO)C(=O)NC1CCCC1)c1cc(O)cc(CN2CCOCC2)c1. The average molecular weight is 391 g/mol. The molecule has 1 aliphatic heterocycles. The third-order valence-corrected chi connectivity index (χ3v) is 5.26. The Morgan fingerprint density at radius 2 is 1.89 bits per heavy atom. The first kappa shape index (κ1) is 20.6. The topological polar surface area (TPSA) is 111 Å². The third-order valence-electron chi connectivity index (χ3n) is 5.26. The Labute approximate surface area is 164 Å². The van der Waals surface area contributed by atoms with Crippen molar-refractivity contribution >= 4 is 11.8 Å². The van der Waals surface area contributed by atoms with E-state index in [0.717, 1.165) is 44.3 Å². The molecule has 8 nitrogen and oxygen atoms in total. The Bertz CT molecular complexity index is 684. The van der Waals surface area contributed by atoms with E-state index < -0.39 is 18.6 Å². The molecule has 1 heterocycles. The summed E-state index contributed by atoms with van der Waals surface area (Å²) in [6.45, 7) is 3.05. The number of hydrogen-bond donors (Lipinski definition) is 4. The summed E-state index contributed by atoms with van der Waals surface area (Å²) in [7, 11) is 0. The van der Waals surface area contributed by atoms with Crippen molar-refractivity contribution in [3.8, 4) is 5.75 Å². The molecular weight excluding hydrogens is 362 g/mol. The van der Waals surface area contributed by atoms with Crippen LogP contribution in [-0.2, 0) is 16.1 Å². The van der Waals surface area contributed by atoms with Gasteiger partial charge < -0.3 is 25.6 Å². The highest BCUT2D eigenvalue weighted by molar-refractivity contribution is 5.98. The van der Waals surface area contributed by atoms with Crippen molar-refractivity contribution in [1.82, 2.24) is 15.5 Å². The van der Waals surface area contributed by atoms with Gasteiger partial charge in [0.15, 0.2) is 0 Å². The van der Waals surface area contributed by atoms with Gasteiger partial charge in [-0.05, 0) is 36.6 Å². The number of aliphatic hydroxyl groups is 1. The number of rotatable bonds is 7. The number of amides is 2. The van der Waals surface area contributed by atoms with Crippen LogP contribution in [0.15, 0.2) is 18.2 Å². The molecule has 8 heteroatoms. The first-order chi connectivity index (χ1) is 13.5. The maximum Gasteiger partial charge on any atom is 0.252 e. The predicted molar refractivity (Wildman–Crippen MR) is 103 cm³/mol. The van der Waals surface area contributed by atoms with Gasteiger partial charge >= 0.3 is 0 Å². The zero-order chi connectivity index (χ0) is 19.9. The summed E-state index contributed by atoms with van der Waals surface area (Å²) in [6, 6.07) is 3.79. The summed E-state index contributed by atoms with van der Waals surface area (Å²) in [4.78, 5) is 27.1. The lowest BCUT2D eigenvalue weighted by molar-refractivity contribution is -0.124. The highest BCUT2D eigenvalue weighted by atomic mass is 16.5. The smallest absolute Gasteiger partial charge is 0.252 e. The fourth-order valence-electron chi connectivity index (χ4n) is 3.72. The lowest BCUT2D eigenvalue weighted by Crippen LogP contribution is -2.51. The van der Waals surface area contributed by atoms with Crippen LogP contribution in [0, 0.1) is 0 Å². The maximum atomic E-state index is 12.6. The van der Waals surface area contributed by atoms with Crippen molar-refractivity contribution in [3.63, 3.8) is 0 Å². The van der Waals surface area contributed by atoms with Gasteiger partial charge in [-0.15, -0.1) is 0 Å². The van der Waals surface area contributed by atoms with Gasteiger partial charge in [0.1, 0.15) is 11.8 Å². The zero-order valence-electron chi connectivity index (χ0n) is 16.0. The highest BCUT2D eigenvalue weighted by Gasteiger charge is 2.25. The minimum Gasteiger partial charge on any atom is -0.508 e. The zero-order valence-corrected chi connectivity index (χ0v) is 16.0. The molecule has 1 aromatic rings. The van der Waals surface area contributed by atoms with Crippen LogP contribution in [0.1, 0.15) is 41.6 Å². The van der Waals surface area contributed by atoms with Crippen LogP contribution in [0.5, 0.6) is 5.75 Å². The molecule has 1 aromatic carbocycles. The fraction of sp³-hybridized carbons (Fsp3) is 0.600. The number of ether oxygens (including phenoxy) is 1. The molecule has 0 bridgehead atoms. The van der Waals surface area contributed by atoms with Gasteiger partial charge in [0.25, 0.3) is 5.91 Å². The molecule has 1 saturated carbocycles. The first-order valence-corrected chi connectivity index (χ1v) is 9.90. The van der Waals surface area contributed by atoms with Crippen molar-refractivity contribution in [2.75, 3.05) is 32.9 Å². The van der Waals surface area contributed by atoms with E-state index in [4.69, 9.17) is 4.74 Å². The van der Waals surface area contributed by atoms with E-state index in [1.54, 1.807) is 12.1 Å². The molecule has 1 atom stereocenters. The van der Waals surface area contributed by atoms with E-state index in [0.29, 0.717) is 19.8 Å². The second-order valence-corrected chi connectivity index (χ2v) is 7.48. The first-order valence-electron chi connectivity index (χ1n) is 9.90. The summed E-state index contributed by atoms with van der Waals surface area (Å²) in [5.41, 5.74) is 1.07. The van der Waals surface area contributed by atoms with Crippen molar-refractivity contribution in [2.24, 2.45) is 0 Å². The van der Waals surface area contributed by atoms with Crippen LogP contribution in [0.2, 0.25) is 0 Å². The van der Waals surface area contributed by atoms with Crippen molar-refractivity contribution in [3.05, 3.63) is 29.3 Å². The quantitative estimate of drug-likeness (QED) is 0.535. The number of morpholine rings is 1. The van der Waals surface area contributed by atoms with Crippen LogP contribution in [-0.4, -0.2) is 71.9 Å². The molecular formula is C20H29N3O5. The summed E-state index contributed by atoms with van der Waals surface area (Å²) >= 11 is 0. The van der Waals surface area contributed by atoms with Crippen LogP contribution in [0.3, 0.4) is 0 Å². The van der Waals surface area contributed by atoms with Crippen LogP contribution in [0.4, 0.5) is 0 Å². The molecule has 28 heavy (non-hydrogen) atoms. The molecule has 3 rings (SSSR count).